The van der Waals surface area contributed by atoms with Crippen LogP contribution in [0, 0.1) is 14.9 Å². The maximum Gasteiger partial charge on any atom is 0.134 e. The number of nitriles is 1. The summed E-state index contributed by atoms with van der Waals surface area (Å²) in [5.41, 5.74) is 0.662. The third kappa shape index (κ3) is 1.28. The highest BCUT2D eigenvalue weighted by atomic mass is 127. The van der Waals surface area contributed by atoms with Crippen molar-refractivity contribution in [1.82, 2.24) is 0 Å². The number of fused-ring (bicyclic) bond motifs is 1. The Hall–Kier alpha value is -0.800. The quantitative estimate of drug-likeness (QED) is 0.760. The van der Waals surface area contributed by atoms with Gasteiger partial charge in [-0.15, -0.1) is 11.3 Å². The van der Waals surface area contributed by atoms with E-state index in [4.69, 9.17) is 5.26 Å². The van der Waals surface area contributed by atoms with Crippen molar-refractivity contribution in [2.45, 2.75) is 0 Å². The summed E-state index contributed by atoms with van der Waals surface area (Å²) in [5, 5.41) is 20.7. The first kappa shape index (κ1) is 8.78. The van der Waals surface area contributed by atoms with Gasteiger partial charge in [-0.3, -0.25) is 0 Å². The van der Waals surface area contributed by atoms with Gasteiger partial charge in [-0.2, -0.15) is 5.26 Å². The van der Waals surface area contributed by atoms with E-state index in [2.05, 4.69) is 28.7 Å². The molecule has 2 aromatic rings. The molecule has 0 aliphatic heterocycles. The molecule has 0 saturated carbocycles. The molecule has 1 heterocycles. The Labute approximate surface area is 92.6 Å². The molecule has 1 aromatic carbocycles. The molecule has 13 heavy (non-hydrogen) atoms. The zero-order valence-electron chi connectivity index (χ0n) is 6.41. The van der Waals surface area contributed by atoms with Gasteiger partial charge in [-0.1, -0.05) is 0 Å². The van der Waals surface area contributed by atoms with E-state index in [0.29, 0.717) is 11.3 Å². The Morgan fingerprint density at radius 2 is 2.23 bits per heavy atom. The lowest BCUT2D eigenvalue weighted by Crippen LogP contribution is -1.79. The summed E-state index contributed by atoms with van der Waals surface area (Å²) >= 11 is 3.59. The van der Waals surface area contributed by atoms with Crippen molar-refractivity contribution in [3.05, 3.63) is 26.6 Å². The number of aromatic hydroxyl groups is 1. The fraction of sp³-hybridized carbons (Fsp3) is 0. The SMILES string of the molecule is N#Cc1ccc2c(O)csc2c1I. The fourth-order valence-corrected chi connectivity index (χ4v) is 2.98. The number of nitrogens with zero attached hydrogens (tertiary/aromatic N) is 1. The van der Waals surface area contributed by atoms with Crippen molar-refractivity contribution in [2.75, 3.05) is 0 Å². The molecule has 0 unspecified atom stereocenters. The molecule has 0 aliphatic carbocycles. The molecule has 0 atom stereocenters. The van der Waals surface area contributed by atoms with Crippen molar-refractivity contribution >= 4 is 44.0 Å². The van der Waals surface area contributed by atoms with Gasteiger partial charge in [0, 0.05) is 14.3 Å². The number of thiophene rings is 1. The summed E-state index contributed by atoms with van der Waals surface area (Å²) in [4.78, 5) is 0. The molecule has 2 nitrogen and oxygen atoms in total. The van der Waals surface area contributed by atoms with Crippen LogP contribution in [0.5, 0.6) is 5.75 Å². The highest BCUT2D eigenvalue weighted by Crippen LogP contribution is 2.35. The summed E-state index contributed by atoms with van der Waals surface area (Å²) in [6, 6.07) is 5.63. The maximum atomic E-state index is 9.42. The van der Waals surface area contributed by atoms with Crippen molar-refractivity contribution < 1.29 is 5.11 Å². The van der Waals surface area contributed by atoms with Gasteiger partial charge >= 0.3 is 0 Å². The normalized spacial score (nSPS) is 10.2. The number of benzene rings is 1. The van der Waals surface area contributed by atoms with Crippen LogP contribution in [0.3, 0.4) is 0 Å². The van der Waals surface area contributed by atoms with Gasteiger partial charge in [-0.05, 0) is 34.7 Å². The highest BCUT2D eigenvalue weighted by Gasteiger charge is 2.08. The average Bonchev–Trinajstić information content (AvgIpc) is 2.50. The number of hydrogen-bond donors (Lipinski definition) is 1. The molecule has 0 amide bonds. The molecular formula is C9H4INOS. The summed E-state index contributed by atoms with van der Waals surface area (Å²) in [6.07, 6.45) is 0. The standard InChI is InChI=1S/C9H4INOS/c10-8-5(3-11)1-2-6-7(12)4-13-9(6)8/h1-2,4,12H. The van der Waals surface area contributed by atoms with E-state index < -0.39 is 0 Å². The largest absolute Gasteiger partial charge is 0.506 e. The topological polar surface area (TPSA) is 44.0 Å². The van der Waals surface area contributed by atoms with Crippen LogP contribution in [0.1, 0.15) is 5.56 Å². The minimum Gasteiger partial charge on any atom is -0.506 e. The van der Waals surface area contributed by atoms with Crippen molar-refractivity contribution in [1.29, 1.82) is 5.26 Å². The molecule has 0 aliphatic rings. The number of hydrogen-bond acceptors (Lipinski definition) is 3. The monoisotopic (exact) mass is 301 g/mol. The Morgan fingerprint density at radius 3 is 2.92 bits per heavy atom. The van der Waals surface area contributed by atoms with E-state index in [1.807, 2.05) is 0 Å². The lowest BCUT2D eigenvalue weighted by molar-refractivity contribution is 0.483. The third-order valence-corrected chi connectivity index (χ3v) is 4.27. The molecule has 0 radical (unpaired) electrons. The summed E-state index contributed by atoms with van der Waals surface area (Å²) in [5.74, 6) is 0.294. The molecule has 0 bridgehead atoms. The van der Waals surface area contributed by atoms with Gasteiger partial charge in [0.2, 0.25) is 0 Å². The fourth-order valence-electron chi connectivity index (χ4n) is 1.14. The molecule has 1 aromatic heterocycles. The smallest absolute Gasteiger partial charge is 0.134 e. The van der Waals surface area contributed by atoms with Crippen LogP contribution in [0.2, 0.25) is 0 Å². The third-order valence-electron chi connectivity index (χ3n) is 1.78. The van der Waals surface area contributed by atoms with Gasteiger partial charge in [0.15, 0.2) is 0 Å². The lowest BCUT2D eigenvalue weighted by atomic mass is 10.2. The second kappa shape index (κ2) is 3.16. The van der Waals surface area contributed by atoms with Gasteiger partial charge in [-0.25, -0.2) is 0 Å². The second-order valence-electron chi connectivity index (χ2n) is 2.54. The van der Waals surface area contributed by atoms with E-state index in [0.717, 1.165) is 13.7 Å². The predicted octanol–water partition coefficient (Wildman–Crippen LogP) is 3.08. The van der Waals surface area contributed by atoms with Gasteiger partial charge in [0.05, 0.1) is 10.3 Å². The Bertz CT molecular complexity index is 512. The van der Waals surface area contributed by atoms with E-state index in [9.17, 15) is 5.11 Å². The molecule has 0 saturated heterocycles. The Balaban J connectivity index is 2.90. The summed E-state index contributed by atoms with van der Waals surface area (Å²) in [7, 11) is 0. The van der Waals surface area contributed by atoms with Crippen LogP contribution in [-0.4, -0.2) is 5.11 Å². The number of halogens is 1. The van der Waals surface area contributed by atoms with Crippen LogP contribution in [-0.2, 0) is 0 Å². The van der Waals surface area contributed by atoms with Crippen LogP contribution >= 0.6 is 33.9 Å². The van der Waals surface area contributed by atoms with Crippen molar-refractivity contribution in [2.24, 2.45) is 0 Å². The molecule has 1 N–H and O–H groups in total. The molecule has 64 valence electrons. The van der Waals surface area contributed by atoms with Crippen molar-refractivity contribution in [3.8, 4) is 11.8 Å². The molecule has 2 rings (SSSR count). The zero-order valence-corrected chi connectivity index (χ0v) is 9.39. The first-order valence-corrected chi connectivity index (χ1v) is 5.48. The van der Waals surface area contributed by atoms with E-state index in [1.54, 1.807) is 17.5 Å². The van der Waals surface area contributed by atoms with Crippen LogP contribution in [0.15, 0.2) is 17.5 Å². The van der Waals surface area contributed by atoms with Crippen LogP contribution in [0.4, 0.5) is 0 Å². The Morgan fingerprint density at radius 1 is 1.46 bits per heavy atom. The predicted molar refractivity (Wildman–Crippen MR) is 60.9 cm³/mol. The van der Waals surface area contributed by atoms with E-state index >= 15 is 0 Å². The van der Waals surface area contributed by atoms with Crippen LogP contribution in [0.25, 0.3) is 10.1 Å². The minimum absolute atomic E-state index is 0.294. The van der Waals surface area contributed by atoms with Gasteiger partial charge in [0.25, 0.3) is 0 Å². The molecule has 0 fully saturated rings. The average molecular weight is 301 g/mol. The summed E-state index contributed by atoms with van der Waals surface area (Å²) in [6.45, 7) is 0. The van der Waals surface area contributed by atoms with Gasteiger partial charge in [0.1, 0.15) is 11.8 Å². The second-order valence-corrected chi connectivity index (χ2v) is 4.49. The molecule has 4 heteroatoms. The maximum absolute atomic E-state index is 9.42. The van der Waals surface area contributed by atoms with Crippen LogP contribution < -0.4 is 0 Å². The molecule has 0 spiro atoms. The zero-order chi connectivity index (χ0) is 9.42. The van der Waals surface area contributed by atoms with E-state index in [-0.39, 0.29) is 0 Å². The van der Waals surface area contributed by atoms with Gasteiger partial charge < -0.3 is 5.11 Å². The molecular weight excluding hydrogens is 297 g/mol. The number of rotatable bonds is 0. The first-order valence-electron chi connectivity index (χ1n) is 3.53. The first-order chi connectivity index (χ1) is 6.24. The van der Waals surface area contributed by atoms with Crippen molar-refractivity contribution in [3.63, 3.8) is 0 Å². The minimum atomic E-state index is 0.294. The van der Waals surface area contributed by atoms with E-state index in [1.165, 1.54) is 11.3 Å². The Kier molecular flexibility index (Phi) is 2.14. The summed E-state index contributed by atoms with van der Waals surface area (Å²) < 4.78 is 1.90. The highest BCUT2D eigenvalue weighted by molar-refractivity contribution is 14.1. The lowest BCUT2D eigenvalue weighted by Gasteiger charge is -1.96.